The average Bonchev–Trinajstić information content (AvgIpc) is 3.00. The Hall–Kier alpha value is -1.29. The fraction of sp³-hybridized carbons (Fsp3) is 0.615. The Morgan fingerprint density at radius 3 is 3.00 bits per heavy atom. The van der Waals surface area contributed by atoms with Crippen LogP contribution in [0.4, 0.5) is 0 Å². The number of rotatable bonds is 6. The van der Waals surface area contributed by atoms with Gasteiger partial charge in [-0.2, -0.15) is 0 Å². The van der Waals surface area contributed by atoms with E-state index in [0.717, 1.165) is 19.4 Å². The molecule has 2 N–H and O–H groups in total. The lowest BCUT2D eigenvalue weighted by atomic mass is 10.2. The van der Waals surface area contributed by atoms with E-state index in [1.54, 1.807) is 0 Å². The summed E-state index contributed by atoms with van der Waals surface area (Å²) in [6.45, 7) is 2.88. The van der Waals surface area contributed by atoms with E-state index in [0.29, 0.717) is 18.5 Å². The van der Waals surface area contributed by atoms with Crippen LogP contribution in [-0.2, 0) is 11.3 Å². The molecule has 1 heterocycles. The smallest absolute Gasteiger partial charge is 0.222 e. The van der Waals surface area contributed by atoms with Gasteiger partial charge in [0, 0.05) is 36.9 Å². The largest absolute Gasteiger partial charge is 0.353 e. The van der Waals surface area contributed by atoms with E-state index in [1.807, 2.05) is 19.3 Å². The van der Waals surface area contributed by atoms with E-state index >= 15 is 0 Å². The van der Waals surface area contributed by atoms with Crippen LogP contribution in [0.15, 0.2) is 18.3 Å². The molecule has 0 bridgehead atoms. The highest BCUT2D eigenvalue weighted by Gasteiger charge is 2.22. The van der Waals surface area contributed by atoms with Crippen molar-refractivity contribution in [1.82, 2.24) is 15.2 Å². The van der Waals surface area contributed by atoms with Crippen molar-refractivity contribution in [3.05, 3.63) is 24.0 Å². The molecule has 1 fully saturated rings. The Balaban J connectivity index is 1.85. The fourth-order valence-electron chi connectivity index (χ4n) is 1.92. The summed E-state index contributed by atoms with van der Waals surface area (Å²) in [5, 5.41) is 6.23. The first-order valence-electron chi connectivity index (χ1n) is 6.32. The minimum atomic E-state index is 0.171. The number of nitrogens with one attached hydrogen (secondary N) is 2. The molecular weight excluding hydrogens is 214 g/mol. The lowest BCUT2D eigenvalue weighted by Crippen LogP contribution is -2.26. The number of amides is 1. The van der Waals surface area contributed by atoms with Gasteiger partial charge in [0.2, 0.25) is 5.91 Å². The van der Waals surface area contributed by atoms with Crippen molar-refractivity contribution in [1.29, 1.82) is 0 Å². The molecule has 4 heteroatoms. The standard InChI is InChI=1S/C13H21N3O/c1-10(14-2)12-4-3-8-16(12)9-7-13(17)15-11-5-6-11/h3-4,8,10-11,14H,5-7,9H2,1-2H3,(H,15,17). The van der Waals surface area contributed by atoms with E-state index in [2.05, 4.69) is 28.2 Å². The Kier molecular flexibility index (Phi) is 3.84. The summed E-state index contributed by atoms with van der Waals surface area (Å²) in [4.78, 5) is 11.6. The van der Waals surface area contributed by atoms with Crippen LogP contribution in [0.2, 0.25) is 0 Å². The van der Waals surface area contributed by atoms with Crippen LogP contribution in [-0.4, -0.2) is 23.6 Å². The van der Waals surface area contributed by atoms with Crippen molar-refractivity contribution in [3.63, 3.8) is 0 Å². The van der Waals surface area contributed by atoms with Gasteiger partial charge in [-0.15, -0.1) is 0 Å². The lowest BCUT2D eigenvalue weighted by Gasteiger charge is -2.14. The SMILES string of the molecule is CNC(C)c1cccn1CCC(=O)NC1CC1. The Morgan fingerprint density at radius 1 is 1.59 bits per heavy atom. The van der Waals surface area contributed by atoms with Gasteiger partial charge in [-0.05, 0) is 38.9 Å². The van der Waals surface area contributed by atoms with Crippen molar-refractivity contribution >= 4 is 5.91 Å². The number of nitrogens with zero attached hydrogens (tertiary/aromatic N) is 1. The molecule has 1 aromatic heterocycles. The number of carbonyl (C=O) groups is 1. The third kappa shape index (κ3) is 3.33. The van der Waals surface area contributed by atoms with Gasteiger partial charge < -0.3 is 15.2 Å². The van der Waals surface area contributed by atoms with Crippen molar-refractivity contribution in [2.45, 2.75) is 44.8 Å². The van der Waals surface area contributed by atoms with Crippen LogP contribution in [0.3, 0.4) is 0 Å². The summed E-state index contributed by atoms with van der Waals surface area (Å²) >= 11 is 0. The van der Waals surface area contributed by atoms with E-state index in [9.17, 15) is 4.79 Å². The molecule has 17 heavy (non-hydrogen) atoms. The summed E-state index contributed by atoms with van der Waals surface area (Å²) < 4.78 is 2.15. The van der Waals surface area contributed by atoms with Crippen molar-refractivity contribution < 1.29 is 4.79 Å². The van der Waals surface area contributed by atoms with Gasteiger partial charge in [0.25, 0.3) is 0 Å². The van der Waals surface area contributed by atoms with Gasteiger partial charge in [-0.25, -0.2) is 0 Å². The average molecular weight is 235 g/mol. The van der Waals surface area contributed by atoms with Crippen LogP contribution < -0.4 is 10.6 Å². The van der Waals surface area contributed by atoms with Crippen LogP contribution >= 0.6 is 0 Å². The summed E-state index contributed by atoms with van der Waals surface area (Å²) in [6.07, 6.45) is 4.90. The molecule has 0 saturated heterocycles. The normalized spacial score (nSPS) is 16.8. The molecule has 1 aliphatic rings. The van der Waals surface area contributed by atoms with Gasteiger partial charge in [0.05, 0.1) is 0 Å². The number of aryl methyl sites for hydroxylation is 1. The number of carbonyl (C=O) groups excluding carboxylic acids is 1. The minimum Gasteiger partial charge on any atom is -0.353 e. The molecule has 1 aromatic rings. The first-order valence-corrected chi connectivity index (χ1v) is 6.32. The fourth-order valence-corrected chi connectivity index (χ4v) is 1.92. The molecule has 1 atom stereocenters. The van der Waals surface area contributed by atoms with Crippen LogP contribution in [0.25, 0.3) is 0 Å². The molecule has 0 aromatic carbocycles. The highest BCUT2D eigenvalue weighted by Crippen LogP contribution is 2.19. The molecular formula is C13H21N3O. The number of hydrogen-bond acceptors (Lipinski definition) is 2. The summed E-state index contributed by atoms with van der Waals surface area (Å²) in [6, 6.07) is 4.90. The Bertz CT molecular complexity index is 382. The zero-order valence-corrected chi connectivity index (χ0v) is 10.6. The van der Waals surface area contributed by atoms with Crippen LogP contribution in [0.5, 0.6) is 0 Å². The van der Waals surface area contributed by atoms with Crippen LogP contribution in [0.1, 0.15) is 37.9 Å². The maximum atomic E-state index is 11.6. The van der Waals surface area contributed by atoms with Crippen molar-refractivity contribution in [2.24, 2.45) is 0 Å². The van der Waals surface area contributed by atoms with Gasteiger partial charge in [0.1, 0.15) is 0 Å². The Labute approximate surface area is 102 Å². The zero-order chi connectivity index (χ0) is 12.3. The highest BCUT2D eigenvalue weighted by molar-refractivity contribution is 5.76. The zero-order valence-electron chi connectivity index (χ0n) is 10.6. The maximum absolute atomic E-state index is 11.6. The van der Waals surface area contributed by atoms with E-state index in [-0.39, 0.29) is 5.91 Å². The summed E-state index contributed by atoms with van der Waals surface area (Å²) in [5.74, 6) is 0.171. The molecule has 0 spiro atoms. The third-order valence-corrected chi connectivity index (χ3v) is 3.26. The topological polar surface area (TPSA) is 46.1 Å². The second-order valence-corrected chi connectivity index (χ2v) is 4.73. The first-order chi connectivity index (χ1) is 8.20. The van der Waals surface area contributed by atoms with Gasteiger partial charge in [-0.3, -0.25) is 4.79 Å². The second-order valence-electron chi connectivity index (χ2n) is 4.73. The van der Waals surface area contributed by atoms with Crippen molar-refractivity contribution in [2.75, 3.05) is 7.05 Å². The molecule has 0 radical (unpaired) electrons. The van der Waals surface area contributed by atoms with Crippen molar-refractivity contribution in [3.8, 4) is 0 Å². The summed E-state index contributed by atoms with van der Waals surface area (Å²) in [7, 11) is 1.95. The van der Waals surface area contributed by atoms with E-state index in [4.69, 9.17) is 0 Å². The number of hydrogen-bond donors (Lipinski definition) is 2. The van der Waals surface area contributed by atoms with E-state index in [1.165, 1.54) is 5.69 Å². The van der Waals surface area contributed by atoms with Gasteiger partial charge in [0.15, 0.2) is 0 Å². The highest BCUT2D eigenvalue weighted by atomic mass is 16.1. The molecule has 4 nitrogen and oxygen atoms in total. The molecule has 1 aliphatic carbocycles. The molecule has 1 unspecified atom stereocenters. The monoisotopic (exact) mass is 235 g/mol. The summed E-state index contributed by atoms with van der Waals surface area (Å²) in [5.41, 5.74) is 1.23. The molecule has 1 saturated carbocycles. The maximum Gasteiger partial charge on any atom is 0.222 e. The second kappa shape index (κ2) is 5.36. The predicted octanol–water partition coefficient (Wildman–Crippen LogP) is 1.44. The molecule has 0 aliphatic heterocycles. The van der Waals surface area contributed by atoms with Gasteiger partial charge >= 0.3 is 0 Å². The lowest BCUT2D eigenvalue weighted by molar-refractivity contribution is -0.121. The van der Waals surface area contributed by atoms with Crippen LogP contribution in [0, 0.1) is 0 Å². The number of aromatic nitrogens is 1. The van der Waals surface area contributed by atoms with E-state index < -0.39 is 0 Å². The molecule has 94 valence electrons. The minimum absolute atomic E-state index is 0.171. The predicted molar refractivity (Wildman–Crippen MR) is 67.7 cm³/mol. The third-order valence-electron chi connectivity index (χ3n) is 3.26. The van der Waals surface area contributed by atoms with Gasteiger partial charge in [-0.1, -0.05) is 0 Å². The molecule has 1 amide bonds. The molecule has 2 rings (SSSR count). The quantitative estimate of drug-likeness (QED) is 0.783. The Morgan fingerprint density at radius 2 is 2.35 bits per heavy atom. The first kappa shape index (κ1) is 12.2.